The van der Waals surface area contributed by atoms with Gasteiger partial charge in [0.05, 0.1) is 0 Å². The van der Waals surface area contributed by atoms with Gasteiger partial charge in [-0.25, -0.2) is 8.42 Å². The molecule has 0 aliphatic heterocycles. The van der Waals surface area contributed by atoms with Crippen LogP contribution in [0.15, 0.2) is 0 Å². The van der Waals surface area contributed by atoms with E-state index in [4.69, 9.17) is 15.3 Å². The fourth-order valence-corrected chi connectivity index (χ4v) is 1.99. The van der Waals surface area contributed by atoms with Crippen molar-refractivity contribution in [2.24, 2.45) is 0 Å². The summed E-state index contributed by atoms with van der Waals surface area (Å²) in [5, 5.41) is 28.1. The van der Waals surface area contributed by atoms with Gasteiger partial charge in [0.25, 0.3) is 0 Å². The zero-order chi connectivity index (χ0) is 10.9. The van der Waals surface area contributed by atoms with Gasteiger partial charge in [-0.3, -0.25) is 5.32 Å². The summed E-state index contributed by atoms with van der Waals surface area (Å²) in [5.74, 6) is -3.61. The maximum atomic E-state index is 10.7. The Kier molecular flexibility index (Phi) is 6.36. The van der Waals surface area contributed by atoms with Crippen molar-refractivity contribution in [1.82, 2.24) is 5.32 Å². The first kappa shape index (κ1) is 17.2. The van der Waals surface area contributed by atoms with Crippen LogP contribution in [0.3, 0.4) is 0 Å². The SMILES string of the molecule is CCC(NC)(C(O)(O)O)S(=O)(=O)[O-].[Na+]. The normalized spacial score (nSPS) is 17.0. The summed E-state index contributed by atoms with van der Waals surface area (Å²) in [4.78, 5) is -2.71. The molecule has 7 nitrogen and oxygen atoms in total. The van der Waals surface area contributed by atoms with Crippen LogP contribution in [0.25, 0.3) is 0 Å². The second kappa shape index (κ2) is 5.19. The zero-order valence-corrected chi connectivity index (χ0v) is 11.0. The average Bonchev–Trinajstić information content (AvgIpc) is 1.84. The first-order chi connectivity index (χ1) is 5.62. The minimum Gasteiger partial charge on any atom is -0.746 e. The molecule has 0 bridgehead atoms. The van der Waals surface area contributed by atoms with Gasteiger partial charge in [-0.15, -0.1) is 0 Å². The molecule has 14 heavy (non-hydrogen) atoms. The molecule has 1 unspecified atom stereocenters. The molecule has 0 heterocycles. The van der Waals surface area contributed by atoms with Crippen LogP contribution in [-0.2, 0) is 10.1 Å². The molecular formula is C5H12NNaO6S. The Morgan fingerprint density at radius 3 is 1.71 bits per heavy atom. The van der Waals surface area contributed by atoms with E-state index >= 15 is 0 Å². The third-order valence-corrected chi connectivity index (χ3v) is 3.49. The summed E-state index contributed by atoms with van der Waals surface area (Å²) in [6.07, 6.45) is -0.487. The Morgan fingerprint density at radius 1 is 1.36 bits per heavy atom. The second-order valence-electron chi connectivity index (χ2n) is 2.52. The van der Waals surface area contributed by atoms with Gasteiger partial charge in [-0.05, 0) is 13.5 Å². The van der Waals surface area contributed by atoms with Gasteiger partial charge in [0.15, 0.2) is 4.87 Å². The van der Waals surface area contributed by atoms with Crippen LogP contribution < -0.4 is 34.9 Å². The Hall–Kier alpha value is 0.750. The van der Waals surface area contributed by atoms with Crippen LogP contribution in [-0.4, -0.2) is 46.2 Å². The van der Waals surface area contributed by atoms with Gasteiger partial charge >= 0.3 is 35.5 Å². The molecule has 9 heteroatoms. The quantitative estimate of drug-likeness (QED) is 0.218. The van der Waals surface area contributed by atoms with Gasteiger partial charge in [0.1, 0.15) is 10.1 Å². The number of likely N-dealkylation sites (N-methyl/N-ethyl adjacent to an activating group) is 1. The van der Waals surface area contributed by atoms with Crippen LogP contribution in [0, 0.1) is 0 Å². The molecule has 0 fully saturated rings. The third kappa shape index (κ3) is 2.87. The van der Waals surface area contributed by atoms with Gasteiger partial charge in [-0.1, -0.05) is 6.92 Å². The molecule has 0 aliphatic rings. The predicted molar refractivity (Wildman–Crippen MR) is 41.2 cm³/mol. The van der Waals surface area contributed by atoms with E-state index in [1.165, 1.54) is 6.92 Å². The van der Waals surface area contributed by atoms with Crippen molar-refractivity contribution < 1.29 is 57.8 Å². The summed E-state index contributed by atoms with van der Waals surface area (Å²) < 4.78 is 32.0. The van der Waals surface area contributed by atoms with E-state index in [0.717, 1.165) is 7.05 Å². The summed E-state index contributed by atoms with van der Waals surface area (Å²) in [6.45, 7) is 1.21. The van der Waals surface area contributed by atoms with Crippen molar-refractivity contribution in [2.45, 2.75) is 24.2 Å². The Bertz CT molecular complexity index is 266. The van der Waals surface area contributed by atoms with Crippen LogP contribution in [0.1, 0.15) is 13.3 Å². The fourth-order valence-electron chi connectivity index (χ4n) is 1.05. The standard InChI is InChI=1S/C5H13NO6S.Na/c1-3-4(6-2,5(7,8)9)13(10,11)12;/h6-9H,3H2,1-2H3,(H,10,11,12);/q;+1/p-1. The van der Waals surface area contributed by atoms with E-state index < -0.39 is 27.4 Å². The van der Waals surface area contributed by atoms with Gasteiger partial charge in [-0.2, -0.15) is 0 Å². The predicted octanol–water partition coefficient (Wildman–Crippen LogP) is -5.51. The molecule has 0 saturated carbocycles. The van der Waals surface area contributed by atoms with Crippen LogP contribution in [0.4, 0.5) is 0 Å². The maximum Gasteiger partial charge on any atom is 1.00 e. The topological polar surface area (TPSA) is 130 Å². The van der Waals surface area contributed by atoms with Crippen molar-refractivity contribution in [3.8, 4) is 0 Å². The largest absolute Gasteiger partial charge is 1.00 e. The number of hydrogen-bond donors (Lipinski definition) is 4. The molecule has 4 N–H and O–H groups in total. The molecule has 0 aliphatic carbocycles. The van der Waals surface area contributed by atoms with E-state index in [1.54, 1.807) is 0 Å². The van der Waals surface area contributed by atoms with E-state index in [9.17, 15) is 13.0 Å². The van der Waals surface area contributed by atoms with Crippen molar-refractivity contribution in [3.05, 3.63) is 0 Å². The first-order valence-electron chi connectivity index (χ1n) is 3.44. The Balaban J connectivity index is 0. The summed E-state index contributed by atoms with van der Waals surface area (Å²) >= 11 is 0. The maximum absolute atomic E-state index is 10.7. The number of rotatable bonds is 4. The molecule has 0 saturated heterocycles. The average molecular weight is 237 g/mol. The molecule has 0 rings (SSSR count). The van der Waals surface area contributed by atoms with Gasteiger partial charge in [0.2, 0.25) is 0 Å². The van der Waals surface area contributed by atoms with E-state index in [2.05, 4.69) is 0 Å². The molecule has 0 amide bonds. The summed E-state index contributed by atoms with van der Waals surface area (Å²) in [5.41, 5.74) is 0. The van der Waals surface area contributed by atoms with Crippen LogP contribution >= 0.6 is 0 Å². The number of aliphatic hydroxyl groups is 3. The molecule has 1 atom stereocenters. The summed E-state index contributed by atoms with van der Waals surface area (Å²) in [6, 6.07) is 0. The molecule has 0 radical (unpaired) electrons. The molecule has 0 aromatic carbocycles. The molecule has 80 valence electrons. The molecule has 0 spiro atoms. The van der Waals surface area contributed by atoms with E-state index in [0.29, 0.717) is 0 Å². The minimum absolute atomic E-state index is 0. The smallest absolute Gasteiger partial charge is 0.746 e. The third-order valence-electron chi connectivity index (χ3n) is 1.87. The van der Waals surface area contributed by atoms with E-state index in [-0.39, 0.29) is 29.6 Å². The number of hydrogen-bond acceptors (Lipinski definition) is 7. The van der Waals surface area contributed by atoms with Crippen LogP contribution in [0.2, 0.25) is 0 Å². The van der Waals surface area contributed by atoms with E-state index in [1.807, 2.05) is 5.32 Å². The minimum atomic E-state index is -5.10. The van der Waals surface area contributed by atoms with Crippen molar-refractivity contribution in [3.63, 3.8) is 0 Å². The Labute approximate surface area is 104 Å². The zero-order valence-electron chi connectivity index (χ0n) is 8.18. The van der Waals surface area contributed by atoms with Crippen molar-refractivity contribution in [1.29, 1.82) is 0 Å². The molecule has 0 aromatic heterocycles. The Morgan fingerprint density at radius 2 is 1.71 bits per heavy atom. The molecule has 0 aromatic rings. The van der Waals surface area contributed by atoms with Crippen LogP contribution in [0.5, 0.6) is 0 Å². The van der Waals surface area contributed by atoms with Crippen molar-refractivity contribution in [2.75, 3.05) is 7.05 Å². The summed E-state index contributed by atoms with van der Waals surface area (Å²) in [7, 11) is -4.07. The second-order valence-corrected chi connectivity index (χ2v) is 4.13. The fraction of sp³-hybridized carbons (Fsp3) is 1.00. The monoisotopic (exact) mass is 237 g/mol. The van der Waals surface area contributed by atoms with Crippen molar-refractivity contribution >= 4 is 10.1 Å². The van der Waals surface area contributed by atoms with Gasteiger partial charge in [0, 0.05) is 0 Å². The molecular weight excluding hydrogens is 225 g/mol. The number of nitrogens with one attached hydrogen (secondary N) is 1. The van der Waals surface area contributed by atoms with Gasteiger partial charge < -0.3 is 19.9 Å². The first-order valence-corrected chi connectivity index (χ1v) is 4.84.